The Hall–Kier alpha value is -2.65. The molecular weight excluding hydrogens is 392 g/mol. The Morgan fingerprint density at radius 3 is 2.31 bits per heavy atom. The highest BCUT2D eigenvalue weighted by molar-refractivity contribution is 7.89. The van der Waals surface area contributed by atoms with Crippen LogP contribution in [0, 0.1) is 0 Å². The van der Waals surface area contributed by atoms with E-state index in [0.717, 1.165) is 5.56 Å². The van der Waals surface area contributed by atoms with E-state index in [2.05, 4.69) is 10.3 Å². The van der Waals surface area contributed by atoms with Crippen LogP contribution in [0.4, 0.5) is 4.79 Å². The van der Waals surface area contributed by atoms with Gasteiger partial charge in [0.2, 0.25) is 10.0 Å². The predicted molar refractivity (Wildman–Crippen MR) is 109 cm³/mol. The van der Waals surface area contributed by atoms with Crippen LogP contribution in [0.15, 0.2) is 53.7 Å². The average Bonchev–Trinajstić information content (AvgIpc) is 2.75. The molecule has 9 heteroatoms. The van der Waals surface area contributed by atoms with Crippen molar-refractivity contribution in [3.63, 3.8) is 0 Å². The third-order valence-corrected chi connectivity index (χ3v) is 6.76. The lowest BCUT2D eigenvalue weighted by molar-refractivity contribution is 0.169. The Balaban J connectivity index is 1.57. The molecule has 0 unspecified atom stereocenters. The van der Waals surface area contributed by atoms with Crippen LogP contribution in [0.2, 0.25) is 0 Å². The van der Waals surface area contributed by atoms with Crippen molar-refractivity contribution in [2.45, 2.75) is 24.8 Å². The van der Waals surface area contributed by atoms with E-state index in [4.69, 9.17) is 4.74 Å². The molecule has 1 aromatic heterocycles. The van der Waals surface area contributed by atoms with Crippen molar-refractivity contribution in [3.8, 4) is 5.75 Å². The van der Waals surface area contributed by atoms with E-state index in [0.29, 0.717) is 25.4 Å². The molecule has 1 saturated heterocycles. The Morgan fingerprint density at radius 1 is 1.10 bits per heavy atom. The molecule has 1 aliphatic rings. The second-order valence-electron chi connectivity index (χ2n) is 6.75. The van der Waals surface area contributed by atoms with Crippen LogP contribution < -0.4 is 10.1 Å². The smallest absolute Gasteiger partial charge is 0.317 e. The molecule has 3 rings (SSSR count). The number of pyridine rings is 1. The molecule has 0 aliphatic carbocycles. The first-order valence-corrected chi connectivity index (χ1v) is 11.0. The molecule has 156 valence electrons. The molecular formula is C20H26N4O4S. The van der Waals surface area contributed by atoms with Crippen LogP contribution in [0.5, 0.6) is 5.75 Å². The molecule has 0 saturated carbocycles. The number of nitrogens with one attached hydrogen (secondary N) is 1. The van der Waals surface area contributed by atoms with Gasteiger partial charge in [0.05, 0.1) is 17.5 Å². The number of aromatic nitrogens is 1. The van der Waals surface area contributed by atoms with Gasteiger partial charge in [-0.1, -0.05) is 0 Å². The summed E-state index contributed by atoms with van der Waals surface area (Å²) in [6.45, 7) is 5.49. The number of amides is 2. The second-order valence-corrected chi connectivity index (χ2v) is 8.69. The highest BCUT2D eigenvalue weighted by Crippen LogP contribution is 2.21. The Morgan fingerprint density at radius 2 is 1.72 bits per heavy atom. The van der Waals surface area contributed by atoms with Gasteiger partial charge in [0, 0.05) is 38.6 Å². The number of hydrogen-bond donors (Lipinski definition) is 1. The van der Waals surface area contributed by atoms with E-state index in [1.54, 1.807) is 41.6 Å². The van der Waals surface area contributed by atoms with Gasteiger partial charge in [0.15, 0.2) is 0 Å². The predicted octanol–water partition coefficient (Wildman–Crippen LogP) is 2.26. The molecule has 0 radical (unpaired) electrons. The van der Waals surface area contributed by atoms with E-state index < -0.39 is 10.0 Å². The number of nitrogens with zero attached hydrogens (tertiary/aromatic N) is 3. The van der Waals surface area contributed by atoms with Crippen molar-refractivity contribution in [1.29, 1.82) is 0 Å². The largest absolute Gasteiger partial charge is 0.494 e. The zero-order valence-electron chi connectivity index (χ0n) is 16.6. The number of sulfonamides is 1. The molecule has 29 heavy (non-hydrogen) atoms. The maximum absolute atomic E-state index is 12.9. The molecule has 1 N–H and O–H groups in total. The summed E-state index contributed by atoms with van der Waals surface area (Å²) < 4.78 is 32.5. The topological polar surface area (TPSA) is 91.8 Å². The van der Waals surface area contributed by atoms with Crippen molar-refractivity contribution >= 4 is 16.1 Å². The molecule has 2 aromatic rings. The number of carbonyl (C=O) groups is 1. The van der Waals surface area contributed by atoms with Crippen LogP contribution in [0.1, 0.15) is 25.5 Å². The van der Waals surface area contributed by atoms with Crippen molar-refractivity contribution in [2.75, 3.05) is 32.8 Å². The number of ether oxygens (including phenoxy) is 1. The summed E-state index contributed by atoms with van der Waals surface area (Å²) >= 11 is 0. The molecule has 1 fully saturated rings. The first-order valence-electron chi connectivity index (χ1n) is 9.60. The summed E-state index contributed by atoms with van der Waals surface area (Å²) in [4.78, 5) is 18.4. The summed E-state index contributed by atoms with van der Waals surface area (Å²) in [5.74, 6) is 0.635. The van der Waals surface area contributed by atoms with E-state index in [1.165, 1.54) is 4.31 Å². The van der Waals surface area contributed by atoms with Crippen molar-refractivity contribution in [3.05, 3.63) is 54.4 Å². The third kappa shape index (κ3) is 5.04. The van der Waals surface area contributed by atoms with Crippen molar-refractivity contribution < 1.29 is 17.9 Å². The first kappa shape index (κ1) is 21.1. The van der Waals surface area contributed by atoms with E-state index in [1.807, 2.05) is 26.0 Å². The lowest BCUT2D eigenvalue weighted by atomic mass is 10.1. The number of piperazine rings is 1. The van der Waals surface area contributed by atoms with Crippen molar-refractivity contribution in [1.82, 2.24) is 19.5 Å². The number of carbonyl (C=O) groups excluding carboxylic acids is 1. The quantitative estimate of drug-likeness (QED) is 0.777. The standard InChI is InChI=1S/C20H26N4O4S/c1-3-28-18-4-6-19(7-5-18)29(26,27)24-14-12-23(13-15-24)20(25)22-16(2)17-8-10-21-11-9-17/h4-11,16H,3,12-15H2,1-2H3,(H,22,25)/t16-/m0/s1. The van der Waals surface area contributed by atoms with E-state index in [-0.39, 0.29) is 30.1 Å². The lowest BCUT2D eigenvalue weighted by Gasteiger charge is -2.34. The van der Waals surface area contributed by atoms with Gasteiger partial charge < -0.3 is 15.0 Å². The molecule has 0 spiro atoms. The number of rotatable bonds is 6. The van der Waals surface area contributed by atoms with Gasteiger partial charge >= 0.3 is 6.03 Å². The minimum atomic E-state index is -3.60. The van der Waals surface area contributed by atoms with E-state index in [9.17, 15) is 13.2 Å². The SMILES string of the molecule is CCOc1ccc(S(=O)(=O)N2CCN(C(=O)N[C@@H](C)c3ccncc3)CC2)cc1. The normalized spacial score (nSPS) is 16.3. The van der Waals surface area contributed by atoms with Crippen LogP contribution in [-0.2, 0) is 10.0 Å². The zero-order valence-corrected chi connectivity index (χ0v) is 17.4. The van der Waals surface area contributed by atoms with Crippen LogP contribution >= 0.6 is 0 Å². The first-order chi connectivity index (χ1) is 13.9. The number of urea groups is 1. The van der Waals surface area contributed by atoms with Gasteiger partial charge in [-0.15, -0.1) is 0 Å². The summed E-state index contributed by atoms with van der Waals surface area (Å²) in [5, 5.41) is 2.95. The summed E-state index contributed by atoms with van der Waals surface area (Å²) in [5.41, 5.74) is 0.963. The van der Waals surface area contributed by atoms with Crippen LogP contribution in [0.3, 0.4) is 0 Å². The van der Waals surface area contributed by atoms with E-state index >= 15 is 0 Å². The lowest BCUT2D eigenvalue weighted by Crippen LogP contribution is -2.53. The van der Waals surface area contributed by atoms with Gasteiger partial charge in [0.25, 0.3) is 0 Å². The minimum Gasteiger partial charge on any atom is -0.494 e. The molecule has 0 bridgehead atoms. The molecule has 2 amide bonds. The summed E-state index contributed by atoms with van der Waals surface area (Å²) in [6.07, 6.45) is 3.37. The summed E-state index contributed by atoms with van der Waals surface area (Å²) in [6, 6.07) is 9.76. The fourth-order valence-corrected chi connectivity index (χ4v) is 4.59. The zero-order chi connectivity index (χ0) is 20.9. The van der Waals surface area contributed by atoms with Gasteiger partial charge in [-0.05, 0) is 55.8 Å². The number of benzene rings is 1. The van der Waals surface area contributed by atoms with Crippen LogP contribution in [-0.4, -0.2) is 61.4 Å². The second kappa shape index (κ2) is 9.23. The fraction of sp³-hybridized carbons (Fsp3) is 0.400. The van der Waals surface area contributed by atoms with Gasteiger partial charge in [0.1, 0.15) is 5.75 Å². The molecule has 1 aromatic carbocycles. The molecule has 8 nitrogen and oxygen atoms in total. The molecule has 1 atom stereocenters. The maximum atomic E-state index is 12.9. The molecule has 1 aliphatic heterocycles. The monoisotopic (exact) mass is 418 g/mol. The van der Waals surface area contributed by atoms with Crippen LogP contribution in [0.25, 0.3) is 0 Å². The third-order valence-electron chi connectivity index (χ3n) is 4.84. The molecule has 2 heterocycles. The Kier molecular flexibility index (Phi) is 6.71. The highest BCUT2D eigenvalue weighted by atomic mass is 32.2. The maximum Gasteiger partial charge on any atom is 0.317 e. The fourth-order valence-electron chi connectivity index (χ4n) is 3.17. The highest BCUT2D eigenvalue weighted by Gasteiger charge is 2.30. The van der Waals surface area contributed by atoms with Gasteiger partial charge in [-0.3, -0.25) is 4.98 Å². The minimum absolute atomic E-state index is 0.156. The van der Waals surface area contributed by atoms with Crippen molar-refractivity contribution in [2.24, 2.45) is 0 Å². The Labute approximate surface area is 171 Å². The van der Waals surface area contributed by atoms with Gasteiger partial charge in [-0.2, -0.15) is 4.31 Å². The van der Waals surface area contributed by atoms with Gasteiger partial charge in [-0.25, -0.2) is 13.2 Å². The number of hydrogen-bond acceptors (Lipinski definition) is 5. The summed E-state index contributed by atoms with van der Waals surface area (Å²) in [7, 11) is -3.60. The Bertz CT molecular complexity index is 911. The average molecular weight is 419 g/mol.